The molecule has 1 aliphatic rings. The monoisotopic (exact) mass is 369 g/mol. The van der Waals surface area contributed by atoms with Crippen molar-refractivity contribution in [2.45, 2.75) is 38.5 Å². The second-order valence-electron chi connectivity index (χ2n) is 6.69. The summed E-state index contributed by atoms with van der Waals surface area (Å²) in [6.07, 6.45) is 0.593. The number of carbonyl (C=O) groups is 1. The van der Waals surface area contributed by atoms with Crippen molar-refractivity contribution in [3.8, 4) is 11.4 Å². The Labute approximate surface area is 154 Å². The molecule has 0 saturated carbocycles. The van der Waals surface area contributed by atoms with Gasteiger partial charge >= 0.3 is 0 Å². The number of Topliss-reactive ketones (excluding diaryl/α,β-unsaturated/α-hetero) is 1. The maximum absolute atomic E-state index is 12.8. The number of benzene rings is 1. The average Bonchev–Trinajstić information content (AvgIpc) is 3.28. The van der Waals surface area contributed by atoms with Gasteiger partial charge in [0.2, 0.25) is 11.7 Å². The van der Waals surface area contributed by atoms with E-state index in [1.807, 2.05) is 18.2 Å². The van der Waals surface area contributed by atoms with E-state index < -0.39 is 6.43 Å². The van der Waals surface area contributed by atoms with Gasteiger partial charge in [-0.1, -0.05) is 17.3 Å². The molecule has 138 valence electrons. The maximum atomic E-state index is 12.8. The first-order valence-corrected chi connectivity index (χ1v) is 8.72. The third-order valence-corrected chi connectivity index (χ3v) is 4.88. The van der Waals surface area contributed by atoms with Gasteiger partial charge in [0.05, 0.1) is 0 Å². The zero-order chi connectivity index (χ0) is 19.0. The van der Waals surface area contributed by atoms with E-state index in [4.69, 9.17) is 4.52 Å². The summed E-state index contributed by atoms with van der Waals surface area (Å²) in [5.41, 5.74) is 3.06. The van der Waals surface area contributed by atoms with Crippen LogP contribution in [0.5, 0.6) is 0 Å². The van der Waals surface area contributed by atoms with E-state index in [0.717, 1.165) is 29.5 Å². The first kappa shape index (κ1) is 17.5. The van der Waals surface area contributed by atoms with Crippen molar-refractivity contribution in [3.05, 3.63) is 64.8 Å². The minimum Gasteiger partial charge on any atom is -0.339 e. The molecule has 1 atom stereocenters. The van der Waals surface area contributed by atoms with Gasteiger partial charge in [-0.05, 0) is 48.1 Å². The predicted octanol–water partition coefficient (Wildman–Crippen LogP) is 4.68. The molecule has 0 radical (unpaired) electrons. The van der Waals surface area contributed by atoms with Crippen molar-refractivity contribution < 1.29 is 18.1 Å². The van der Waals surface area contributed by atoms with E-state index in [-0.39, 0.29) is 29.4 Å². The molecule has 5 nitrogen and oxygen atoms in total. The van der Waals surface area contributed by atoms with Crippen LogP contribution < -0.4 is 0 Å². The SMILES string of the molecule is Cc1nc(-c2ccc3c(c2)CC[C@H]3CC(=O)c2cc(C(F)F)ccn2)no1. The number of alkyl halides is 2. The Balaban J connectivity index is 1.53. The minimum atomic E-state index is -2.61. The van der Waals surface area contributed by atoms with Crippen LogP contribution in [0.25, 0.3) is 11.4 Å². The lowest BCUT2D eigenvalue weighted by Gasteiger charge is -2.11. The van der Waals surface area contributed by atoms with Crippen LogP contribution in [0.3, 0.4) is 0 Å². The van der Waals surface area contributed by atoms with Crippen molar-refractivity contribution >= 4 is 5.78 Å². The van der Waals surface area contributed by atoms with Crippen molar-refractivity contribution in [1.82, 2.24) is 15.1 Å². The molecule has 0 spiro atoms. The lowest BCUT2D eigenvalue weighted by Crippen LogP contribution is -2.08. The third-order valence-electron chi connectivity index (χ3n) is 4.88. The molecule has 0 fully saturated rings. The fourth-order valence-electron chi connectivity index (χ4n) is 3.54. The molecule has 0 bridgehead atoms. The molecular weight excluding hydrogens is 352 g/mol. The van der Waals surface area contributed by atoms with E-state index >= 15 is 0 Å². The maximum Gasteiger partial charge on any atom is 0.263 e. The number of rotatable bonds is 5. The number of ketones is 1. The standard InChI is InChI=1S/C20H17F2N3O2/c1-11-24-20(25-27-11)15-4-5-16-12(8-15)2-3-13(16)10-18(26)17-9-14(19(21)22)6-7-23-17/h4-9,13,19H,2-3,10H2,1H3/t13-/m0/s1. The van der Waals surface area contributed by atoms with Gasteiger partial charge in [-0.2, -0.15) is 4.98 Å². The van der Waals surface area contributed by atoms with Crippen LogP contribution in [0.2, 0.25) is 0 Å². The van der Waals surface area contributed by atoms with Crippen LogP contribution in [-0.2, 0) is 6.42 Å². The first-order chi connectivity index (χ1) is 13.0. The van der Waals surface area contributed by atoms with Gasteiger partial charge in [-0.3, -0.25) is 9.78 Å². The minimum absolute atomic E-state index is 0.0607. The number of halogens is 2. The molecule has 2 heterocycles. The number of fused-ring (bicyclic) bond motifs is 1. The summed E-state index contributed by atoms with van der Waals surface area (Å²) < 4.78 is 30.7. The quantitative estimate of drug-likeness (QED) is 0.611. The molecule has 0 amide bonds. The zero-order valence-corrected chi connectivity index (χ0v) is 14.7. The molecule has 3 aromatic rings. The summed E-state index contributed by atoms with van der Waals surface area (Å²) >= 11 is 0. The summed E-state index contributed by atoms with van der Waals surface area (Å²) in [4.78, 5) is 20.7. The molecule has 7 heteroatoms. The Morgan fingerprint density at radius 3 is 2.89 bits per heavy atom. The van der Waals surface area contributed by atoms with Crippen LogP contribution in [0.1, 0.15) is 58.3 Å². The molecule has 0 aliphatic heterocycles. The van der Waals surface area contributed by atoms with E-state index in [2.05, 4.69) is 15.1 Å². The first-order valence-electron chi connectivity index (χ1n) is 8.72. The predicted molar refractivity (Wildman–Crippen MR) is 93.7 cm³/mol. The van der Waals surface area contributed by atoms with E-state index in [1.165, 1.54) is 18.3 Å². The highest BCUT2D eigenvalue weighted by Gasteiger charge is 2.26. The molecule has 2 aromatic heterocycles. The Kier molecular flexibility index (Phi) is 4.51. The lowest BCUT2D eigenvalue weighted by molar-refractivity contribution is 0.0968. The van der Waals surface area contributed by atoms with Gasteiger partial charge in [-0.25, -0.2) is 8.78 Å². The highest BCUT2D eigenvalue weighted by atomic mass is 19.3. The summed E-state index contributed by atoms with van der Waals surface area (Å²) in [6, 6.07) is 8.35. The van der Waals surface area contributed by atoms with Gasteiger partial charge in [0.25, 0.3) is 6.43 Å². The third kappa shape index (κ3) is 3.49. The molecule has 0 unspecified atom stereocenters. The molecular formula is C20H17F2N3O2. The Hall–Kier alpha value is -2.96. The lowest BCUT2D eigenvalue weighted by atomic mass is 9.93. The number of aryl methyl sites for hydroxylation is 2. The Morgan fingerprint density at radius 2 is 2.15 bits per heavy atom. The number of pyridine rings is 1. The van der Waals surface area contributed by atoms with Crippen molar-refractivity contribution in [3.63, 3.8) is 0 Å². The smallest absolute Gasteiger partial charge is 0.263 e. The summed E-state index contributed by atoms with van der Waals surface area (Å²) in [7, 11) is 0. The van der Waals surface area contributed by atoms with Gasteiger partial charge in [0.1, 0.15) is 5.69 Å². The van der Waals surface area contributed by atoms with Gasteiger partial charge in [-0.15, -0.1) is 0 Å². The highest BCUT2D eigenvalue weighted by Crippen LogP contribution is 2.38. The van der Waals surface area contributed by atoms with E-state index in [1.54, 1.807) is 6.92 Å². The van der Waals surface area contributed by atoms with Gasteiger partial charge < -0.3 is 4.52 Å². The number of hydrogen-bond acceptors (Lipinski definition) is 5. The van der Waals surface area contributed by atoms with E-state index in [0.29, 0.717) is 11.7 Å². The fraction of sp³-hybridized carbons (Fsp3) is 0.300. The zero-order valence-electron chi connectivity index (χ0n) is 14.7. The van der Waals surface area contributed by atoms with Crippen molar-refractivity contribution in [2.24, 2.45) is 0 Å². The summed E-state index contributed by atoms with van der Waals surface area (Å²) in [5.74, 6) is 0.897. The van der Waals surface area contributed by atoms with Gasteiger partial charge in [0.15, 0.2) is 5.78 Å². The number of nitrogens with zero attached hydrogens (tertiary/aromatic N) is 3. The summed E-state index contributed by atoms with van der Waals surface area (Å²) in [6.45, 7) is 1.74. The van der Waals surface area contributed by atoms with Crippen LogP contribution >= 0.6 is 0 Å². The highest BCUT2D eigenvalue weighted by molar-refractivity contribution is 5.95. The van der Waals surface area contributed by atoms with Crippen LogP contribution in [-0.4, -0.2) is 20.9 Å². The molecule has 4 rings (SSSR count). The number of carbonyl (C=O) groups excluding carboxylic acids is 1. The second-order valence-corrected chi connectivity index (χ2v) is 6.69. The number of hydrogen-bond donors (Lipinski definition) is 0. The van der Waals surface area contributed by atoms with E-state index in [9.17, 15) is 13.6 Å². The normalized spacial score (nSPS) is 15.9. The average molecular weight is 369 g/mol. The number of aromatic nitrogens is 3. The fourth-order valence-corrected chi connectivity index (χ4v) is 3.54. The van der Waals surface area contributed by atoms with Crippen LogP contribution in [0.15, 0.2) is 41.1 Å². The topological polar surface area (TPSA) is 68.9 Å². The van der Waals surface area contributed by atoms with Crippen LogP contribution in [0, 0.1) is 6.92 Å². The summed E-state index contributed by atoms with van der Waals surface area (Å²) in [5, 5.41) is 3.93. The van der Waals surface area contributed by atoms with Crippen LogP contribution in [0.4, 0.5) is 8.78 Å². The molecule has 27 heavy (non-hydrogen) atoms. The largest absolute Gasteiger partial charge is 0.339 e. The Morgan fingerprint density at radius 1 is 1.30 bits per heavy atom. The van der Waals surface area contributed by atoms with Crippen molar-refractivity contribution in [2.75, 3.05) is 0 Å². The van der Waals surface area contributed by atoms with Crippen molar-refractivity contribution in [1.29, 1.82) is 0 Å². The van der Waals surface area contributed by atoms with Gasteiger partial charge in [0, 0.05) is 30.7 Å². The molecule has 0 N–H and O–H groups in total. The molecule has 1 aliphatic carbocycles. The Bertz CT molecular complexity index is 1000. The molecule has 0 saturated heterocycles. The second kappa shape index (κ2) is 6.98. The molecule has 1 aromatic carbocycles.